The number of nitrogens with zero attached hydrogens (tertiary/aromatic N) is 3. The van der Waals surface area contributed by atoms with Crippen molar-refractivity contribution in [2.24, 2.45) is 62.1 Å². The van der Waals surface area contributed by atoms with E-state index < -0.39 is 11.4 Å². The number of ether oxygens (including phenoxy) is 1. The lowest BCUT2D eigenvalue weighted by atomic mass is 9.32. The summed E-state index contributed by atoms with van der Waals surface area (Å²) in [4.78, 5) is 58.4. The largest absolute Gasteiger partial charge is 0.481 e. The molecule has 2 aliphatic heterocycles. The maximum Gasteiger partial charge on any atom is 0.320 e. The van der Waals surface area contributed by atoms with Gasteiger partial charge in [0.15, 0.2) is 0 Å². The minimum absolute atomic E-state index is 0.0128. The van der Waals surface area contributed by atoms with Crippen LogP contribution in [0.25, 0.3) is 0 Å². The van der Waals surface area contributed by atoms with Crippen LogP contribution >= 0.6 is 0 Å². The number of piperazine rings is 1. The standard InChI is InChI=1S/C48H77N3O6/c1-32(2)33-15-20-48(29-38(52)49-25-27-51(28-26-49)42(56)50-23-11-10-12-24-50)22-21-46(8)34(41(33)48)13-14-36-45(7)18-17-37(44(5,6)35(45)16-19-47(36,46)9)57-40(55)31-43(3,4)30-39(53)54/h33-37,41H,1,10-31H2,2-9H3,(H,53,54)/t33-,34+,35-,36+,37-,41+,45-,46+,47+,48+/m0/s1. The first-order chi connectivity index (χ1) is 26.7. The Kier molecular flexibility index (Phi) is 11.3. The predicted molar refractivity (Wildman–Crippen MR) is 223 cm³/mol. The van der Waals surface area contributed by atoms with Crippen LogP contribution in [-0.4, -0.2) is 89.1 Å². The summed E-state index contributed by atoms with van der Waals surface area (Å²) in [5.41, 5.74) is 0.977. The van der Waals surface area contributed by atoms with Gasteiger partial charge in [-0.05, 0) is 147 Å². The molecule has 7 fully saturated rings. The molecule has 2 saturated heterocycles. The fourth-order valence-corrected chi connectivity index (χ4v) is 15.7. The molecular weight excluding hydrogens is 715 g/mol. The average Bonchev–Trinajstić information content (AvgIpc) is 3.52. The van der Waals surface area contributed by atoms with Crippen molar-refractivity contribution in [3.63, 3.8) is 0 Å². The Labute approximate surface area is 344 Å². The molecule has 0 unspecified atom stereocenters. The van der Waals surface area contributed by atoms with Crippen molar-refractivity contribution in [1.29, 1.82) is 0 Å². The lowest BCUT2D eigenvalue weighted by Crippen LogP contribution is -2.67. The number of amides is 3. The zero-order valence-corrected chi connectivity index (χ0v) is 37.1. The molecule has 10 atom stereocenters. The summed E-state index contributed by atoms with van der Waals surface area (Å²) in [7, 11) is 0. The molecule has 1 N–H and O–H groups in total. The Bertz CT molecular complexity index is 1590. The van der Waals surface area contributed by atoms with Crippen molar-refractivity contribution in [2.75, 3.05) is 39.3 Å². The zero-order valence-electron chi connectivity index (χ0n) is 37.1. The van der Waals surface area contributed by atoms with Gasteiger partial charge in [0, 0.05) is 51.1 Å². The van der Waals surface area contributed by atoms with Crippen LogP contribution in [0.2, 0.25) is 0 Å². The molecule has 3 amide bonds. The van der Waals surface area contributed by atoms with E-state index in [0.717, 1.165) is 64.5 Å². The topological polar surface area (TPSA) is 107 Å². The molecule has 0 bridgehead atoms. The Morgan fingerprint density at radius 1 is 0.719 bits per heavy atom. The number of rotatable bonds is 8. The van der Waals surface area contributed by atoms with E-state index in [1.807, 2.05) is 23.6 Å². The number of piperidine rings is 1. The van der Waals surface area contributed by atoms with E-state index in [9.17, 15) is 24.3 Å². The van der Waals surface area contributed by atoms with Gasteiger partial charge in [-0.1, -0.05) is 60.6 Å². The van der Waals surface area contributed by atoms with Crippen LogP contribution in [0.4, 0.5) is 4.79 Å². The molecule has 0 aromatic heterocycles. The van der Waals surface area contributed by atoms with Gasteiger partial charge in [0.25, 0.3) is 0 Å². The Morgan fingerprint density at radius 2 is 1.37 bits per heavy atom. The third-order valence-electron chi connectivity index (χ3n) is 18.7. The second kappa shape index (κ2) is 15.2. The highest BCUT2D eigenvalue weighted by molar-refractivity contribution is 5.78. The molecule has 2 heterocycles. The van der Waals surface area contributed by atoms with Crippen LogP contribution in [-0.2, 0) is 19.1 Å². The molecule has 320 valence electrons. The summed E-state index contributed by atoms with van der Waals surface area (Å²) in [6.45, 7) is 27.3. The van der Waals surface area contributed by atoms with Gasteiger partial charge in [0.05, 0.1) is 12.8 Å². The number of carboxylic acid groups (broad SMARTS) is 1. The van der Waals surface area contributed by atoms with Crippen LogP contribution in [0, 0.1) is 62.1 Å². The molecule has 0 aromatic rings. The van der Waals surface area contributed by atoms with Gasteiger partial charge in [-0.25, -0.2) is 4.79 Å². The average molecular weight is 792 g/mol. The SMILES string of the molecule is C=C(C)[C@@H]1CC[C@]2(CC(=O)N3CCN(C(=O)N4CCCCC4)CC3)CC[C@]3(C)[C@H](CC[C@@H]4[C@@]5(C)CC[C@H](OC(=O)CC(C)(C)CC(=O)O)C(C)(C)[C@@H]5CC[C@]43C)[C@@H]12. The molecule has 5 aliphatic carbocycles. The number of hydrogen-bond donors (Lipinski definition) is 1. The second-order valence-electron chi connectivity index (χ2n) is 22.7. The quantitative estimate of drug-likeness (QED) is 0.194. The van der Waals surface area contributed by atoms with Gasteiger partial charge in [-0.15, -0.1) is 0 Å². The van der Waals surface area contributed by atoms with Crippen molar-refractivity contribution in [3.05, 3.63) is 12.2 Å². The summed E-state index contributed by atoms with van der Waals surface area (Å²) in [5, 5.41) is 9.38. The first-order valence-corrected chi connectivity index (χ1v) is 23.1. The molecule has 5 saturated carbocycles. The Hall–Kier alpha value is -2.58. The number of carbonyl (C=O) groups is 4. The third-order valence-corrected chi connectivity index (χ3v) is 18.7. The van der Waals surface area contributed by atoms with Crippen molar-refractivity contribution in [3.8, 4) is 0 Å². The number of allylic oxidation sites excluding steroid dienone is 1. The molecule has 0 spiro atoms. The fraction of sp³-hybridized carbons (Fsp3) is 0.875. The molecule has 9 heteroatoms. The van der Waals surface area contributed by atoms with Crippen molar-refractivity contribution >= 4 is 23.9 Å². The van der Waals surface area contributed by atoms with Gasteiger partial charge in [-0.3, -0.25) is 14.4 Å². The summed E-state index contributed by atoms with van der Waals surface area (Å²) >= 11 is 0. The van der Waals surface area contributed by atoms with E-state index in [1.54, 1.807) is 0 Å². The summed E-state index contributed by atoms with van der Waals surface area (Å²) in [5.74, 6) is 1.65. The van der Waals surface area contributed by atoms with Crippen LogP contribution in [0.3, 0.4) is 0 Å². The maximum absolute atomic E-state index is 14.4. The third kappa shape index (κ3) is 7.27. The normalized spacial score (nSPS) is 40.2. The molecule has 7 rings (SSSR count). The zero-order chi connectivity index (χ0) is 41.3. The van der Waals surface area contributed by atoms with Crippen molar-refractivity contribution < 1.29 is 29.0 Å². The predicted octanol–water partition coefficient (Wildman–Crippen LogP) is 9.59. The lowest BCUT2D eigenvalue weighted by molar-refractivity contribution is -0.250. The highest BCUT2D eigenvalue weighted by Gasteiger charge is 2.71. The minimum Gasteiger partial charge on any atom is -0.481 e. The maximum atomic E-state index is 14.4. The van der Waals surface area contributed by atoms with Gasteiger partial charge in [0.2, 0.25) is 5.91 Å². The minimum atomic E-state index is -0.887. The highest BCUT2D eigenvalue weighted by atomic mass is 16.5. The fourth-order valence-electron chi connectivity index (χ4n) is 15.7. The number of aliphatic carboxylic acids is 1. The first-order valence-electron chi connectivity index (χ1n) is 23.1. The van der Waals surface area contributed by atoms with E-state index >= 15 is 0 Å². The van der Waals surface area contributed by atoms with Crippen LogP contribution < -0.4 is 0 Å². The van der Waals surface area contributed by atoms with Crippen LogP contribution in [0.15, 0.2) is 12.2 Å². The number of carboxylic acids is 1. The van der Waals surface area contributed by atoms with Crippen LogP contribution in [0.1, 0.15) is 158 Å². The Morgan fingerprint density at radius 3 is 2.02 bits per heavy atom. The first kappa shape index (κ1) is 42.5. The van der Waals surface area contributed by atoms with E-state index in [2.05, 4.69) is 53.0 Å². The summed E-state index contributed by atoms with van der Waals surface area (Å²) in [6, 6.07) is 0.160. The van der Waals surface area contributed by atoms with E-state index in [1.165, 1.54) is 37.7 Å². The molecular formula is C48H77N3O6. The van der Waals surface area contributed by atoms with Gasteiger partial charge >= 0.3 is 18.0 Å². The monoisotopic (exact) mass is 792 g/mol. The van der Waals surface area contributed by atoms with Gasteiger partial charge < -0.3 is 24.5 Å². The Balaban J connectivity index is 1.06. The molecule has 7 aliphatic rings. The molecule has 0 aromatic carbocycles. The van der Waals surface area contributed by atoms with E-state index in [4.69, 9.17) is 4.74 Å². The highest BCUT2D eigenvalue weighted by Crippen LogP contribution is 2.78. The van der Waals surface area contributed by atoms with Gasteiger partial charge in [0.1, 0.15) is 6.10 Å². The molecule has 57 heavy (non-hydrogen) atoms. The van der Waals surface area contributed by atoms with Gasteiger partial charge in [-0.2, -0.15) is 0 Å². The van der Waals surface area contributed by atoms with Crippen molar-refractivity contribution in [2.45, 2.75) is 164 Å². The van der Waals surface area contributed by atoms with Crippen molar-refractivity contribution in [1.82, 2.24) is 14.7 Å². The number of fused-ring (bicyclic) bond motifs is 7. The van der Waals surface area contributed by atoms with E-state index in [-0.39, 0.29) is 58.0 Å². The lowest BCUT2D eigenvalue weighted by Gasteiger charge is -2.73. The number of carbonyl (C=O) groups excluding carboxylic acids is 3. The number of hydrogen-bond acceptors (Lipinski definition) is 5. The number of urea groups is 1. The van der Waals surface area contributed by atoms with Crippen LogP contribution in [0.5, 0.6) is 0 Å². The second-order valence-corrected chi connectivity index (χ2v) is 22.7. The molecule has 9 nitrogen and oxygen atoms in total. The van der Waals surface area contributed by atoms with E-state index in [0.29, 0.717) is 68.1 Å². The summed E-state index contributed by atoms with van der Waals surface area (Å²) in [6.07, 6.45) is 15.1. The molecule has 0 radical (unpaired) electrons. The smallest absolute Gasteiger partial charge is 0.320 e. The summed E-state index contributed by atoms with van der Waals surface area (Å²) < 4.78 is 6.30. The number of esters is 1. The number of likely N-dealkylation sites (tertiary alicyclic amines) is 1.